The molecule has 0 aliphatic rings. The molecule has 0 nitrogen and oxygen atoms in total. The smallest absolute Gasteiger partial charge is 0.0398 e. The molecule has 0 aliphatic heterocycles. The second-order valence-corrected chi connectivity index (χ2v) is 6.06. The van der Waals surface area contributed by atoms with Crippen LogP contribution in [0.5, 0.6) is 0 Å². The molecule has 1 heterocycles. The highest BCUT2D eigenvalue weighted by molar-refractivity contribution is 14.1. The number of alkyl halides is 1. The van der Waals surface area contributed by atoms with Crippen LogP contribution in [0.3, 0.4) is 0 Å². The summed E-state index contributed by atoms with van der Waals surface area (Å²) in [7, 11) is 0. The molecule has 0 bridgehead atoms. The van der Waals surface area contributed by atoms with E-state index in [2.05, 4.69) is 72.0 Å². The summed E-state index contributed by atoms with van der Waals surface area (Å²) in [5.41, 5.74) is 1.37. The quantitative estimate of drug-likeness (QED) is 0.432. The molecule has 0 radical (unpaired) electrons. The number of benzene rings is 1. The van der Waals surface area contributed by atoms with Gasteiger partial charge in [0.15, 0.2) is 0 Å². The first kappa shape index (κ1) is 10.4. The van der Waals surface area contributed by atoms with Crippen LogP contribution in [0.1, 0.15) is 5.56 Å². The molecule has 0 spiro atoms. The molecular formula is C9H5Br2IS. The molecule has 2 rings (SSSR count). The fourth-order valence-electron chi connectivity index (χ4n) is 1.22. The lowest BCUT2D eigenvalue weighted by molar-refractivity contribution is 1.53. The van der Waals surface area contributed by atoms with Crippen molar-refractivity contribution in [1.29, 1.82) is 0 Å². The molecular weight excluding hydrogens is 427 g/mol. The second-order valence-electron chi connectivity index (χ2n) is 2.63. The van der Waals surface area contributed by atoms with Crippen LogP contribution in [0.25, 0.3) is 10.1 Å². The van der Waals surface area contributed by atoms with Gasteiger partial charge in [-0.15, -0.1) is 11.3 Å². The Kier molecular flexibility index (Phi) is 3.33. The summed E-state index contributed by atoms with van der Waals surface area (Å²) in [6.07, 6.45) is 0. The van der Waals surface area contributed by atoms with Crippen LogP contribution in [0.15, 0.2) is 22.0 Å². The zero-order valence-corrected chi connectivity index (χ0v) is 12.6. The number of fused-ring (bicyclic) bond motifs is 1. The first-order chi connectivity index (χ1) is 6.24. The molecule has 1 aromatic carbocycles. The van der Waals surface area contributed by atoms with Crippen molar-refractivity contribution in [3.05, 3.63) is 31.1 Å². The number of rotatable bonds is 1. The van der Waals surface area contributed by atoms with Crippen molar-refractivity contribution in [3.8, 4) is 0 Å². The van der Waals surface area contributed by atoms with Crippen LogP contribution in [0, 0.1) is 3.57 Å². The Hall–Kier alpha value is 0.870. The largest absolute Gasteiger partial charge is 0.143 e. The van der Waals surface area contributed by atoms with Crippen molar-refractivity contribution < 1.29 is 0 Å². The molecule has 13 heavy (non-hydrogen) atoms. The van der Waals surface area contributed by atoms with Gasteiger partial charge < -0.3 is 0 Å². The second kappa shape index (κ2) is 4.16. The minimum atomic E-state index is 0.922. The zero-order chi connectivity index (χ0) is 9.42. The lowest BCUT2D eigenvalue weighted by Gasteiger charge is -1.99. The van der Waals surface area contributed by atoms with Crippen LogP contribution >= 0.6 is 65.8 Å². The molecule has 0 N–H and O–H groups in total. The molecule has 0 unspecified atom stereocenters. The van der Waals surface area contributed by atoms with E-state index in [1.165, 1.54) is 23.7 Å². The first-order valence-electron chi connectivity index (χ1n) is 3.64. The topological polar surface area (TPSA) is 0 Å². The number of hydrogen-bond acceptors (Lipinski definition) is 1. The summed E-state index contributed by atoms with van der Waals surface area (Å²) < 4.78 is 3.84. The minimum Gasteiger partial charge on any atom is -0.143 e. The van der Waals surface area contributed by atoms with Crippen LogP contribution in [-0.4, -0.2) is 0 Å². The van der Waals surface area contributed by atoms with Gasteiger partial charge in [0, 0.05) is 23.5 Å². The van der Waals surface area contributed by atoms with Crippen LogP contribution < -0.4 is 0 Å². The van der Waals surface area contributed by atoms with Gasteiger partial charge in [-0.25, -0.2) is 0 Å². The standard InChI is InChI=1S/C9H5Br2IS/c10-3-5-4-13-7-2-1-6(12)9(11)8(5)7/h1-2,4H,3H2. The predicted molar refractivity (Wildman–Crippen MR) is 74.9 cm³/mol. The molecule has 0 saturated heterocycles. The van der Waals surface area contributed by atoms with Gasteiger partial charge in [-0.05, 0) is 61.6 Å². The fourth-order valence-corrected chi connectivity index (χ4v) is 4.03. The third-order valence-corrected chi connectivity index (χ3v) is 5.91. The summed E-state index contributed by atoms with van der Waals surface area (Å²) in [4.78, 5) is 0. The molecule has 4 heteroatoms. The van der Waals surface area contributed by atoms with E-state index in [1.807, 2.05) is 0 Å². The van der Waals surface area contributed by atoms with Crippen LogP contribution in [0.2, 0.25) is 0 Å². The summed E-state index contributed by atoms with van der Waals surface area (Å²) in [5.74, 6) is 0. The average Bonchev–Trinajstić information content (AvgIpc) is 2.55. The highest BCUT2D eigenvalue weighted by Gasteiger charge is 2.08. The van der Waals surface area contributed by atoms with Crippen molar-refractivity contribution in [3.63, 3.8) is 0 Å². The molecule has 0 fully saturated rings. The SMILES string of the molecule is BrCc1csc2ccc(I)c(Br)c12. The third kappa shape index (κ3) is 1.82. The maximum Gasteiger partial charge on any atom is 0.0398 e. The normalized spacial score (nSPS) is 11.0. The van der Waals surface area contributed by atoms with E-state index in [9.17, 15) is 0 Å². The van der Waals surface area contributed by atoms with Gasteiger partial charge in [-0.3, -0.25) is 0 Å². The van der Waals surface area contributed by atoms with Gasteiger partial charge in [0.05, 0.1) is 0 Å². The molecule has 1 aromatic heterocycles. The Morgan fingerprint density at radius 3 is 2.85 bits per heavy atom. The van der Waals surface area contributed by atoms with Crippen LogP contribution in [0.4, 0.5) is 0 Å². The fraction of sp³-hybridized carbons (Fsp3) is 0.111. The van der Waals surface area contributed by atoms with Gasteiger partial charge in [0.25, 0.3) is 0 Å². The number of halogens is 3. The zero-order valence-electron chi connectivity index (χ0n) is 6.48. The maximum atomic E-state index is 3.63. The van der Waals surface area contributed by atoms with Crippen molar-refractivity contribution in [1.82, 2.24) is 0 Å². The molecule has 68 valence electrons. The highest BCUT2D eigenvalue weighted by Crippen LogP contribution is 2.36. The summed E-state index contributed by atoms with van der Waals surface area (Å²) in [6, 6.07) is 4.32. The number of thiophene rings is 1. The Bertz CT molecular complexity index is 450. The van der Waals surface area contributed by atoms with Crippen molar-refractivity contribution in [2.75, 3.05) is 0 Å². The monoisotopic (exact) mass is 430 g/mol. The van der Waals surface area contributed by atoms with Crippen LogP contribution in [-0.2, 0) is 5.33 Å². The Labute approximate surface area is 111 Å². The van der Waals surface area contributed by atoms with E-state index in [0.717, 1.165) is 5.33 Å². The first-order valence-corrected chi connectivity index (χ1v) is 7.51. The van der Waals surface area contributed by atoms with E-state index in [4.69, 9.17) is 0 Å². The Balaban J connectivity index is 2.85. The number of hydrogen-bond donors (Lipinski definition) is 0. The average molecular weight is 432 g/mol. The van der Waals surface area contributed by atoms with Crippen molar-refractivity contribution in [2.24, 2.45) is 0 Å². The summed E-state index contributed by atoms with van der Waals surface area (Å²) >= 11 is 11.3. The van der Waals surface area contributed by atoms with E-state index >= 15 is 0 Å². The minimum absolute atomic E-state index is 0.922. The van der Waals surface area contributed by atoms with Gasteiger partial charge in [-0.2, -0.15) is 0 Å². The van der Waals surface area contributed by atoms with E-state index in [-0.39, 0.29) is 0 Å². The molecule has 0 atom stereocenters. The van der Waals surface area contributed by atoms with Gasteiger partial charge in [0.2, 0.25) is 0 Å². The maximum absolute atomic E-state index is 3.63. The summed E-state index contributed by atoms with van der Waals surface area (Å²) in [6.45, 7) is 0. The lowest BCUT2D eigenvalue weighted by atomic mass is 10.2. The Morgan fingerprint density at radius 1 is 1.38 bits per heavy atom. The third-order valence-electron chi connectivity index (χ3n) is 1.85. The van der Waals surface area contributed by atoms with Crippen molar-refractivity contribution in [2.45, 2.75) is 5.33 Å². The molecule has 0 amide bonds. The highest BCUT2D eigenvalue weighted by atomic mass is 127. The Morgan fingerprint density at radius 2 is 2.15 bits per heavy atom. The predicted octanol–water partition coefficient (Wildman–Crippen LogP) is 5.16. The lowest BCUT2D eigenvalue weighted by Crippen LogP contribution is -1.78. The van der Waals surface area contributed by atoms with E-state index in [1.54, 1.807) is 11.3 Å². The molecule has 0 aliphatic carbocycles. The van der Waals surface area contributed by atoms with Gasteiger partial charge in [-0.1, -0.05) is 15.9 Å². The summed E-state index contributed by atoms with van der Waals surface area (Å²) in [5, 5.41) is 4.49. The molecule has 2 aromatic rings. The van der Waals surface area contributed by atoms with Crippen molar-refractivity contribution >= 4 is 75.9 Å². The van der Waals surface area contributed by atoms with E-state index < -0.39 is 0 Å². The van der Waals surface area contributed by atoms with E-state index in [0.29, 0.717) is 0 Å². The van der Waals surface area contributed by atoms with Gasteiger partial charge in [0.1, 0.15) is 0 Å². The molecule has 0 saturated carbocycles. The van der Waals surface area contributed by atoms with Gasteiger partial charge >= 0.3 is 0 Å².